The lowest BCUT2D eigenvalue weighted by molar-refractivity contribution is 0.142. The standard InChI is InChI=1S/C13H26N2S2/c1-13(2)10-15(5-7-17-13)12(8-14)11-4-3-6-16-9-11/h11-12H,3-10,14H2,1-2H3. The van der Waals surface area contributed by atoms with Crippen molar-refractivity contribution in [3.8, 4) is 0 Å². The van der Waals surface area contributed by atoms with E-state index < -0.39 is 0 Å². The number of hydrogen-bond donors (Lipinski definition) is 1. The van der Waals surface area contributed by atoms with Crippen molar-refractivity contribution in [3.63, 3.8) is 0 Å². The van der Waals surface area contributed by atoms with E-state index in [1.54, 1.807) is 0 Å². The van der Waals surface area contributed by atoms with Crippen LogP contribution >= 0.6 is 23.5 Å². The van der Waals surface area contributed by atoms with Crippen molar-refractivity contribution in [1.82, 2.24) is 4.90 Å². The third kappa shape index (κ3) is 3.79. The van der Waals surface area contributed by atoms with Gasteiger partial charge in [-0.25, -0.2) is 0 Å². The quantitative estimate of drug-likeness (QED) is 0.855. The van der Waals surface area contributed by atoms with Gasteiger partial charge in [-0.1, -0.05) is 0 Å². The highest BCUT2D eigenvalue weighted by molar-refractivity contribution is 8.00. The van der Waals surface area contributed by atoms with Crippen molar-refractivity contribution in [2.24, 2.45) is 11.7 Å². The minimum atomic E-state index is 0.410. The monoisotopic (exact) mass is 274 g/mol. The summed E-state index contributed by atoms with van der Waals surface area (Å²) in [6, 6.07) is 0.628. The van der Waals surface area contributed by atoms with Crippen LogP contribution in [-0.4, -0.2) is 52.6 Å². The van der Waals surface area contributed by atoms with Crippen molar-refractivity contribution in [1.29, 1.82) is 0 Å². The van der Waals surface area contributed by atoms with Gasteiger partial charge in [-0.05, 0) is 44.1 Å². The summed E-state index contributed by atoms with van der Waals surface area (Å²) in [7, 11) is 0. The van der Waals surface area contributed by atoms with E-state index in [4.69, 9.17) is 5.73 Å². The van der Waals surface area contributed by atoms with Crippen molar-refractivity contribution >= 4 is 23.5 Å². The number of rotatable bonds is 3. The zero-order valence-electron chi connectivity index (χ0n) is 11.2. The molecule has 0 saturated carbocycles. The van der Waals surface area contributed by atoms with Crippen molar-refractivity contribution in [3.05, 3.63) is 0 Å². The topological polar surface area (TPSA) is 29.3 Å². The largest absolute Gasteiger partial charge is 0.329 e. The predicted octanol–water partition coefficient (Wildman–Crippen LogP) is 2.28. The molecule has 0 amide bonds. The molecule has 2 aliphatic heterocycles. The first-order valence-electron chi connectivity index (χ1n) is 6.78. The Labute approximate surface area is 114 Å². The first-order chi connectivity index (χ1) is 8.12. The highest BCUT2D eigenvalue weighted by Gasteiger charge is 2.34. The van der Waals surface area contributed by atoms with E-state index >= 15 is 0 Å². The molecule has 100 valence electrons. The van der Waals surface area contributed by atoms with E-state index in [-0.39, 0.29) is 0 Å². The number of thioether (sulfide) groups is 2. The molecule has 2 nitrogen and oxygen atoms in total. The lowest BCUT2D eigenvalue weighted by Gasteiger charge is -2.44. The summed E-state index contributed by atoms with van der Waals surface area (Å²) in [6.45, 7) is 8.02. The lowest BCUT2D eigenvalue weighted by atomic mass is 9.94. The average molecular weight is 274 g/mol. The fraction of sp³-hybridized carbons (Fsp3) is 1.00. The molecule has 0 radical (unpaired) electrons. The average Bonchev–Trinajstić information content (AvgIpc) is 2.30. The molecule has 2 N–H and O–H groups in total. The summed E-state index contributed by atoms with van der Waals surface area (Å²) in [5.41, 5.74) is 6.07. The molecular formula is C13H26N2S2. The van der Waals surface area contributed by atoms with Gasteiger partial charge in [0.25, 0.3) is 0 Å². The molecule has 2 rings (SSSR count). The zero-order chi connectivity index (χ0) is 12.3. The maximum absolute atomic E-state index is 6.07. The summed E-state index contributed by atoms with van der Waals surface area (Å²) < 4.78 is 0.410. The van der Waals surface area contributed by atoms with E-state index in [2.05, 4.69) is 42.3 Å². The molecule has 0 bridgehead atoms. The van der Waals surface area contributed by atoms with Gasteiger partial charge in [0.1, 0.15) is 0 Å². The first-order valence-corrected chi connectivity index (χ1v) is 8.92. The van der Waals surface area contributed by atoms with Crippen molar-refractivity contribution < 1.29 is 0 Å². The summed E-state index contributed by atoms with van der Waals surface area (Å²) in [4.78, 5) is 2.67. The molecule has 0 aliphatic carbocycles. The molecule has 0 aromatic heterocycles. The third-order valence-electron chi connectivity index (χ3n) is 3.91. The molecule has 2 unspecified atom stereocenters. The third-order valence-corrected chi connectivity index (χ3v) is 6.44. The fourth-order valence-electron chi connectivity index (χ4n) is 3.04. The molecule has 2 fully saturated rings. The Balaban J connectivity index is 1.96. The lowest BCUT2D eigenvalue weighted by Crippen LogP contribution is -2.54. The summed E-state index contributed by atoms with van der Waals surface area (Å²) in [5.74, 6) is 4.78. The van der Waals surface area contributed by atoms with Gasteiger partial charge in [0.2, 0.25) is 0 Å². The summed E-state index contributed by atoms with van der Waals surface area (Å²) >= 11 is 4.23. The molecule has 17 heavy (non-hydrogen) atoms. The first kappa shape index (κ1) is 14.0. The van der Waals surface area contributed by atoms with Crippen LogP contribution < -0.4 is 5.73 Å². The van der Waals surface area contributed by atoms with Crippen LogP contribution in [0.5, 0.6) is 0 Å². The highest BCUT2D eigenvalue weighted by Crippen LogP contribution is 2.34. The number of nitrogens with two attached hydrogens (primary N) is 1. The van der Waals surface area contributed by atoms with E-state index in [1.807, 2.05) is 0 Å². The Kier molecular flexibility index (Phi) is 5.10. The summed E-state index contributed by atoms with van der Waals surface area (Å²) in [5, 5.41) is 0. The minimum absolute atomic E-state index is 0.410. The zero-order valence-corrected chi connectivity index (χ0v) is 12.8. The van der Waals surface area contributed by atoms with Crippen LogP contribution in [0.4, 0.5) is 0 Å². The van der Waals surface area contributed by atoms with Crippen molar-refractivity contribution in [2.45, 2.75) is 37.5 Å². The van der Waals surface area contributed by atoms with Crippen LogP contribution in [0.25, 0.3) is 0 Å². The van der Waals surface area contributed by atoms with Gasteiger partial charge < -0.3 is 5.73 Å². The van der Waals surface area contributed by atoms with E-state index in [9.17, 15) is 0 Å². The van der Waals surface area contributed by atoms with Crippen LogP contribution in [0.2, 0.25) is 0 Å². The van der Waals surface area contributed by atoms with E-state index in [1.165, 1.54) is 43.2 Å². The fourth-order valence-corrected chi connectivity index (χ4v) is 5.41. The second-order valence-corrected chi connectivity index (χ2v) is 8.81. The van der Waals surface area contributed by atoms with E-state index in [0.717, 1.165) is 12.5 Å². The molecular weight excluding hydrogens is 248 g/mol. The van der Waals surface area contributed by atoms with Gasteiger partial charge in [0.05, 0.1) is 0 Å². The summed E-state index contributed by atoms with van der Waals surface area (Å²) in [6.07, 6.45) is 2.77. The van der Waals surface area contributed by atoms with E-state index in [0.29, 0.717) is 10.8 Å². The van der Waals surface area contributed by atoms with Crippen LogP contribution in [0.15, 0.2) is 0 Å². The van der Waals surface area contributed by atoms with Gasteiger partial charge in [-0.15, -0.1) is 0 Å². The molecule has 2 aliphatic rings. The number of hydrogen-bond acceptors (Lipinski definition) is 4. The van der Waals surface area contributed by atoms with Crippen LogP contribution in [0, 0.1) is 5.92 Å². The molecule has 0 aromatic carbocycles. The van der Waals surface area contributed by atoms with Gasteiger partial charge in [-0.3, -0.25) is 4.90 Å². The maximum atomic E-state index is 6.07. The predicted molar refractivity (Wildman–Crippen MR) is 81.0 cm³/mol. The number of nitrogens with zero attached hydrogens (tertiary/aromatic N) is 1. The Morgan fingerprint density at radius 1 is 1.41 bits per heavy atom. The Bertz CT molecular complexity index is 240. The van der Waals surface area contributed by atoms with Gasteiger partial charge in [-0.2, -0.15) is 23.5 Å². The van der Waals surface area contributed by atoms with Crippen molar-refractivity contribution in [2.75, 3.05) is 36.9 Å². The van der Waals surface area contributed by atoms with Gasteiger partial charge >= 0.3 is 0 Å². The van der Waals surface area contributed by atoms with Crippen LogP contribution in [0.1, 0.15) is 26.7 Å². The van der Waals surface area contributed by atoms with Crippen LogP contribution in [0.3, 0.4) is 0 Å². The van der Waals surface area contributed by atoms with Crippen LogP contribution in [-0.2, 0) is 0 Å². The second-order valence-electron chi connectivity index (χ2n) is 5.86. The molecule has 2 saturated heterocycles. The Morgan fingerprint density at radius 2 is 2.24 bits per heavy atom. The van der Waals surface area contributed by atoms with Gasteiger partial charge in [0.15, 0.2) is 0 Å². The molecule has 4 heteroatoms. The minimum Gasteiger partial charge on any atom is -0.329 e. The smallest absolute Gasteiger partial charge is 0.0255 e. The normalized spacial score (nSPS) is 32.3. The van der Waals surface area contributed by atoms with Gasteiger partial charge in [0, 0.05) is 36.2 Å². The Hall–Kier alpha value is 0.620. The SMILES string of the molecule is CC1(C)CN(C(CN)C2CCCSC2)CCS1. The molecule has 2 heterocycles. The second kappa shape index (κ2) is 6.18. The highest BCUT2D eigenvalue weighted by atomic mass is 32.2. The Morgan fingerprint density at radius 3 is 2.82 bits per heavy atom. The maximum Gasteiger partial charge on any atom is 0.0255 e. The molecule has 0 aromatic rings. The molecule has 2 atom stereocenters. The molecule has 0 spiro atoms.